The van der Waals surface area contributed by atoms with E-state index < -0.39 is 53.4 Å². The number of carboxylic acid groups (broad SMARTS) is 1. The molecule has 1 aromatic rings. The Hall–Kier alpha value is -2.26. The van der Waals surface area contributed by atoms with Gasteiger partial charge in [-0.1, -0.05) is 6.07 Å². The first-order valence-corrected chi connectivity index (χ1v) is 7.17. The zero-order valence-corrected chi connectivity index (χ0v) is 12.6. The highest BCUT2D eigenvalue weighted by atomic mass is 19.4. The number of carbonyl (C=O) groups excluding carboxylic acids is 1. The van der Waals surface area contributed by atoms with Crippen molar-refractivity contribution in [2.24, 2.45) is 5.92 Å². The summed E-state index contributed by atoms with van der Waals surface area (Å²) in [5, 5.41) is 8.86. The fourth-order valence-electron chi connectivity index (χ4n) is 2.62. The molecule has 1 heterocycles. The molecule has 1 amide bonds. The average molecular weight is 369 g/mol. The van der Waals surface area contributed by atoms with Crippen molar-refractivity contribution in [1.29, 1.82) is 0 Å². The van der Waals surface area contributed by atoms with Gasteiger partial charge in [-0.2, -0.15) is 26.3 Å². The summed E-state index contributed by atoms with van der Waals surface area (Å²) in [6, 6.07) is 1.24. The molecule has 10 heteroatoms. The summed E-state index contributed by atoms with van der Waals surface area (Å²) in [4.78, 5) is 23.8. The summed E-state index contributed by atoms with van der Waals surface area (Å²) in [5.74, 6) is -2.72. The molecule has 0 spiro atoms. The fraction of sp³-hybridized carbons (Fsp3) is 0.467. The first-order valence-electron chi connectivity index (χ1n) is 7.17. The van der Waals surface area contributed by atoms with E-state index in [0.717, 1.165) is 4.90 Å². The fourth-order valence-corrected chi connectivity index (χ4v) is 2.62. The lowest BCUT2D eigenvalue weighted by Crippen LogP contribution is -2.40. The van der Waals surface area contributed by atoms with Gasteiger partial charge in [0.05, 0.1) is 17.0 Å². The van der Waals surface area contributed by atoms with Crippen LogP contribution in [-0.2, 0) is 28.5 Å². The number of aliphatic carboxylic acids is 1. The van der Waals surface area contributed by atoms with Crippen LogP contribution in [-0.4, -0.2) is 28.4 Å². The molecule has 1 N–H and O–H groups in total. The predicted molar refractivity (Wildman–Crippen MR) is 72.2 cm³/mol. The van der Waals surface area contributed by atoms with Gasteiger partial charge in [0.25, 0.3) is 0 Å². The van der Waals surface area contributed by atoms with Crippen molar-refractivity contribution in [3.8, 4) is 0 Å². The third kappa shape index (κ3) is 4.43. The Bertz CT molecular complexity index is 683. The highest BCUT2D eigenvalue weighted by Crippen LogP contribution is 2.38. The maximum atomic E-state index is 13.1. The van der Waals surface area contributed by atoms with Crippen molar-refractivity contribution in [1.82, 2.24) is 4.90 Å². The average Bonchev–Trinajstić information content (AvgIpc) is 2.47. The number of piperidine rings is 1. The minimum atomic E-state index is -5.01. The first kappa shape index (κ1) is 19.1. The molecule has 1 aromatic carbocycles. The van der Waals surface area contributed by atoms with E-state index in [4.69, 9.17) is 5.11 Å². The van der Waals surface area contributed by atoms with Crippen LogP contribution < -0.4 is 0 Å². The highest BCUT2D eigenvalue weighted by Gasteiger charge is 2.39. The molecule has 0 radical (unpaired) electrons. The van der Waals surface area contributed by atoms with Crippen LogP contribution in [0.15, 0.2) is 18.2 Å². The van der Waals surface area contributed by atoms with Crippen molar-refractivity contribution < 1.29 is 41.0 Å². The van der Waals surface area contributed by atoms with Crippen molar-refractivity contribution in [2.45, 2.75) is 31.7 Å². The summed E-state index contributed by atoms with van der Waals surface area (Å²) >= 11 is 0. The third-order valence-electron chi connectivity index (χ3n) is 3.97. The number of halogens is 6. The molecule has 1 aliphatic heterocycles. The zero-order chi connectivity index (χ0) is 19.0. The van der Waals surface area contributed by atoms with Gasteiger partial charge in [0.1, 0.15) is 0 Å². The van der Waals surface area contributed by atoms with Crippen LogP contribution in [0, 0.1) is 5.92 Å². The molecule has 1 atom stereocenters. The molecule has 2 rings (SSSR count). The van der Waals surface area contributed by atoms with Gasteiger partial charge in [0, 0.05) is 19.5 Å². The molecular formula is C15H13F6NO3. The van der Waals surface area contributed by atoms with E-state index in [1.165, 1.54) is 0 Å². The van der Waals surface area contributed by atoms with E-state index in [1.807, 2.05) is 0 Å². The van der Waals surface area contributed by atoms with Gasteiger partial charge in [-0.05, 0) is 24.1 Å². The summed E-state index contributed by atoms with van der Waals surface area (Å²) < 4.78 is 77.2. The number of hydrogen-bond donors (Lipinski definition) is 1. The Morgan fingerprint density at radius 2 is 1.80 bits per heavy atom. The largest absolute Gasteiger partial charge is 0.481 e. The Morgan fingerprint density at radius 1 is 1.16 bits per heavy atom. The zero-order valence-electron chi connectivity index (χ0n) is 12.6. The van der Waals surface area contributed by atoms with Crippen LogP contribution in [0.5, 0.6) is 0 Å². The molecule has 1 unspecified atom stereocenters. The van der Waals surface area contributed by atoms with Gasteiger partial charge in [-0.25, -0.2) is 0 Å². The van der Waals surface area contributed by atoms with Gasteiger partial charge in [0.2, 0.25) is 5.91 Å². The minimum absolute atomic E-state index is 0.0177. The van der Waals surface area contributed by atoms with E-state index in [1.54, 1.807) is 0 Å². The van der Waals surface area contributed by atoms with Crippen LogP contribution in [0.3, 0.4) is 0 Å². The summed E-state index contributed by atoms with van der Waals surface area (Å²) in [7, 11) is 0. The smallest absolute Gasteiger partial charge is 0.416 e. The molecular weight excluding hydrogens is 356 g/mol. The van der Waals surface area contributed by atoms with Crippen molar-refractivity contribution in [3.05, 3.63) is 34.9 Å². The number of carbonyl (C=O) groups is 2. The second-order valence-corrected chi connectivity index (χ2v) is 5.71. The highest BCUT2D eigenvalue weighted by molar-refractivity contribution is 5.83. The van der Waals surface area contributed by atoms with E-state index in [0.29, 0.717) is 12.1 Å². The minimum Gasteiger partial charge on any atom is -0.481 e. The van der Waals surface area contributed by atoms with Crippen LogP contribution in [0.25, 0.3) is 0 Å². The molecule has 0 bridgehead atoms. The van der Waals surface area contributed by atoms with Crippen LogP contribution in [0.1, 0.15) is 29.5 Å². The number of alkyl halides is 6. The Morgan fingerprint density at radius 3 is 2.28 bits per heavy atom. The Labute approximate surface area is 138 Å². The molecule has 4 nitrogen and oxygen atoms in total. The van der Waals surface area contributed by atoms with Crippen molar-refractivity contribution in [3.63, 3.8) is 0 Å². The van der Waals surface area contributed by atoms with Gasteiger partial charge in [-0.3, -0.25) is 9.59 Å². The van der Waals surface area contributed by atoms with E-state index >= 15 is 0 Å². The lowest BCUT2D eigenvalue weighted by Gasteiger charge is -2.31. The lowest BCUT2D eigenvalue weighted by atomic mass is 9.95. The van der Waals surface area contributed by atoms with Gasteiger partial charge in [0.15, 0.2) is 0 Å². The first-order chi connectivity index (χ1) is 11.4. The predicted octanol–water partition coefficient (Wildman–Crippen LogP) is 3.55. The summed E-state index contributed by atoms with van der Waals surface area (Å²) in [6.45, 7) is -0.605. The number of nitrogens with zero attached hydrogens (tertiary/aromatic N) is 1. The Balaban J connectivity index is 2.28. The molecule has 1 fully saturated rings. The number of hydrogen-bond acceptors (Lipinski definition) is 2. The van der Waals surface area contributed by atoms with Gasteiger partial charge >= 0.3 is 18.3 Å². The normalized spacial score (nSPS) is 19.2. The van der Waals surface area contributed by atoms with Crippen LogP contribution in [0.2, 0.25) is 0 Å². The van der Waals surface area contributed by atoms with Crippen LogP contribution >= 0.6 is 0 Å². The van der Waals surface area contributed by atoms with E-state index in [2.05, 4.69) is 0 Å². The second-order valence-electron chi connectivity index (χ2n) is 5.71. The maximum Gasteiger partial charge on any atom is 0.416 e. The molecule has 0 aliphatic carbocycles. The number of benzene rings is 1. The van der Waals surface area contributed by atoms with Crippen LogP contribution in [0.4, 0.5) is 26.3 Å². The van der Waals surface area contributed by atoms with Crippen molar-refractivity contribution >= 4 is 11.9 Å². The van der Waals surface area contributed by atoms with Gasteiger partial charge < -0.3 is 10.0 Å². The summed E-state index contributed by atoms with van der Waals surface area (Å²) in [6.07, 6.45) is -10.2. The molecule has 0 aromatic heterocycles. The third-order valence-corrected chi connectivity index (χ3v) is 3.97. The monoisotopic (exact) mass is 369 g/mol. The molecule has 138 valence electrons. The number of carboxylic acids is 1. The number of amides is 1. The van der Waals surface area contributed by atoms with E-state index in [9.17, 15) is 35.9 Å². The van der Waals surface area contributed by atoms with E-state index in [-0.39, 0.29) is 25.5 Å². The quantitative estimate of drug-likeness (QED) is 0.829. The number of rotatable bonds is 3. The van der Waals surface area contributed by atoms with Gasteiger partial charge in [-0.15, -0.1) is 0 Å². The molecule has 0 saturated carbocycles. The lowest BCUT2D eigenvalue weighted by molar-refractivity contribution is -0.150. The summed E-state index contributed by atoms with van der Waals surface area (Å²) in [5.41, 5.74) is -3.36. The number of likely N-dealkylation sites (tertiary alicyclic amines) is 1. The standard InChI is InChI=1S/C15H13F6NO3/c16-14(17,18)10-2-1-9(11(6-10)15(19,20)21)7-22-4-3-8(13(24)25)5-12(22)23/h1-2,6,8H,3-5,7H2,(H,24,25). The SMILES string of the molecule is O=C(O)C1CCN(Cc2ccc(C(F)(F)F)cc2C(F)(F)F)C(=O)C1. The molecule has 1 saturated heterocycles. The molecule has 25 heavy (non-hydrogen) atoms. The maximum absolute atomic E-state index is 13.1. The van der Waals surface area contributed by atoms with Crippen molar-refractivity contribution in [2.75, 3.05) is 6.54 Å². The Kier molecular flexibility index (Phi) is 5.01. The molecule has 1 aliphatic rings. The second kappa shape index (κ2) is 6.57. The topological polar surface area (TPSA) is 57.6 Å².